The molecule has 0 bridgehead atoms. The zero-order chi connectivity index (χ0) is 33.6. The number of benzene rings is 7. The number of rotatable bonds is 6. The van der Waals surface area contributed by atoms with Crippen LogP contribution in [0.3, 0.4) is 0 Å². The van der Waals surface area contributed by atoms with Crippen molar-refractivity contribution in [2.75, 3.05) is 0 Å². The first kappa shape index (κ1) is 29.6. The summed E-state index contributed by atoms with van der Waals surface area (Å²) >= 11 is 0. The summed E-state index contributed by atoms with van der Waals surface area (Å²) in [5.74, 6) is 0. The monoisotopic (exact) mass is 638 g/mol. The van der Waals surface area contributed by atoms with Gasteiger partial charge in [-0.2, -0.15) is 0 Å². The highest BCUT2D eigenvalue weighted by molar-refractivity contribution is 6.32. The predicted octanol–water partition coefficient (Wildman–Crippen LogP) is 13.2. The molecule has 0 atom stereocenters. The van der Waals surface area contributed by atoms with E-state index in [1.165, 1.54) is 48.9 Å². The van der Waals surface area contributed by atoms with E-state index in [4.69, 9.17) is 4.98 Å². The zero-order valence-electron chi connectivity index (χ0n) is 27.8. The molecule has 9 aromatic rings. The Labute approximate surface area is 291 Å². The minimum absolute atomic E-state index is 0.946. The van der Waals surface area contributed by atoms with Crippen LogP contribution in [-0.2, 0) is 0 Å². The Kier molecular flexibility index (Phi) is 7.21. The molecule has 0 saturated heterocycles. The van der Waals surface area contributed by atoms with Gasteiger partial charge in [0.15, 0.2) is 0 Å². The second-order valence-corrected chi connectivity index (χ2v) is 12.8. The number of nitrogens with zero attached hydrogens (tertiary/aromatic N) is 2. The first-order chi connectivity index (χ1) is 24.7. The van der Waals surface area contributed by atoms with Crippen molar-refractivity contribution in [2.45, 2.75) is 6.92 Å². The third-order valence-electron chi connectivity index (χ3n) is 9.83. The molecule has 0 saturated carbocycles. The van der Waals surface area contributed by atoms with Gasteiger partial charge >= 0.3 is 0 Å². The molecule has 0 aliphatic heterocycles. The van der Waals surface area contributed by atoms with Gasteiger partial charge in [0.1, 0.15) is 0 Å². The average Bonchev–Trinajstić information content (AvgIpc) is 3.52. The van der Waals surface area contributed by atoms with E-state index in [0.717, 1.165) is 44.9 Å². The Hall–Kier alpha value is -6.51. The molecule has 0 fully saturated rings. The van der Waals surface area contributed by atoms with Gasteiger partial charge < -0.3 is 4.57 Å². The fraction of sp³-hybridized carbons (Fsp3) is 0.0208. The maximum absolute atomic E-state index is 5.19. The van der Waals surface area contributed by atoms with Crippen molar-refractivity contribution < 1.29 is 0 Å². The summed E-state index contributed by atoms with van der Waals surface area (Å²) in [6.45, 7) is 6.25. The second kappa shape index (κ2) is 12.2. The number of fused-ring (bicyclic) bond motifs is 8. The molecular formula is C48H34N2. The summed E-state index contributed by atoms with van der Waals surface area (Å²) in [5, 5.41) is 7.49. The van der Waals surface area contributed by atoms with E-state index >= 15 is 0 Å². The molecule has 2 heteroatoms. The van der Waals surface area contributed by atoms with Gasteiger partial charge in [-0.15, -0.1) is 0 Å². The van der Waals surface area contributed by atoms with E-state index in [1.807, 2.05) is 12.1 Å². The lowest BCUT2D eigenvalue weighted by Gasteiger charge is -2.14. The maximum Gasteiger partial charge on any atom is 0.0715 e. The van der Waals surface area contributed by atoms with Crippen LogP contribution in [0.4, 0.5) is 0 Å². The standard InChI is InChI=1S/C48H34N2/c1-3-15-36-31-46-43(28-32(36)4-2)47-41-22-13-11-20-39(41)40-21-12-14-23-42(40)48(47)50(46)38-26-24-35(25-27-38)45-30-37(33-16-7-5-8-17-33)29-44(49-45)34-18-9-6-10-19-34/h3-31H,2H2,1H3/b15-3-. The number of hydrogen-bond donors (Lipinski definition) is 0. The fourth-order valence-corrected chi connectivity index (χ4v) is 7.54. The average molecular weight is 639 g/mol. The first-order valence-electron chi connectivity index (χ1n) is 17.1. The number of allylic oxidation sites excluding steroid dienone is 1. The predicted molar refractivity (Wildman–Crippen MR) is 215 cm³/mol. The lowest BCUT2D eigenvalue weighted by molar-refractivity contribution is 1.18. The third-order valence-corrected chi connectivity index (χ3v) is 9.83. The van der Waals surface area contributed by atoms with Crippen molar-refractivity contribution in [3.05, 3.63) is 182 Å². The SMILES string of the molecule is C=Cc1cc2c3c4ccccc4c4ccccc4c3n(-c3ccc(-c4cc(-c5ccccc5)cc(-c5ccccc5)n4)cc3)c2cc1/C=C\C. The Balaban J connectivity index is 1.30. The summed E-state index contributed by atoms with van der Waals surface area (Å²) in [6, 6.07) is 56.5. The second-order valence-electron chi connectivity index (χ2n) is 12.8. The Bertz CT molecular complexity index is 2690. The van der Waals surface area contributed by atoms with Crippen LogP contribution < -0.4 is 0 Å². The lowest BCUT2D eigenvalue weighted by atomic mass is 9.95. The minimum Gasteiger partial charge on any atom is -0.309 e. The molecule has 2 nitrogen and oxygen atoms in total. The molecule has 0 spiro atoms. The van der Waals surface area contributed by atoms with E-state index in [1.54, 1.807) is 0 Å². The van der Waals surface area contributed by atoms with Crippen molar-refractivity contribution in [1.82, 2.24) is 9.55 Å². The molecule has 9 rings (SSSR count). The first-order valence-corrected chi connectivity index (χ1v) is 17.1. The quantitative estimate of drug-likeness (QED) is 0.166. The largest absolute Gasteiger partial charge is 0.309 e. The normalized spacial score (nSPS) is 11.7. The molecular weight excluding hydrogens is 605 g/mol. The lowest BCUT2D eigenvalue weighted by Crippen LogP contribution is -1.96. The van der Waals surface area contributed by atoms with Crippen LogP contribution >= 0.6 is 0 Å². The van der Waals surface area contributed by atoms with Gasteiger partial charge in [0, 0.05) is 33.0 Å². The van der Waals surface area contributed by atoms with Gasteiger partial charge in [-0.25, -0.2) is 4.98 Å². The van der Waals surface area contributed by atoms with Crippen molar-refractivity contribution in [3.63, 3.8) is 0 Å². The van der Waals surface area contributed by atoms with Crippen LogP contribution in [0.5, 0.6) is 0 Å². The van der Waals surface area contributed by atoms with Gasteiger partial charge in [0.2, 0.25) is 0 Å². The molecule has 50 heavy (non-hydrogen) atoms. The van der Waals surface area contributed by atoms with Gasteiger partial charge in [0.05, 0.1) is 22.4 Å². The van der Waals surface area contributed by atoms with Gasteiger partial charge in [-0.1, -0.05) is 146 Å². The van der Waals surface area contributed by atoms with E-state index in [9.17, 15) is 0 Å². The van der Waals surface area contributed by atoms with Crippen molar-refractivity contribution in [3.8, 4) is 39.3 Å². The molecule has 0 amide bonds. The molecule has 0 aliphatic rings. The van der Waals surface area contributed by atoms with Crippen molar-refractivity contribution in [2.24, 2.45) is 0 Å². The van der Waals surface area contributed by atoms with E-state index in [0.29, 0.717) is 0 Å². The maximum atomic E-state index is 5.19. The van der Waals surface area contributed by atoms with Crippen LogP contribution in [0, 0.1) is 0 Å². The highest BCUT2D eigenvalue weighted by Gasteiger charge is 2.20. The van der Waals surface area contributed by atoms with Crippen molar-refractivity contribution >= 4 is 55.5 Å². The molecule has 2 aromatic heterocycles. The Morgan fingerprint density at radius 2 is 1.06 bits per heavy atom. The minimum atomic E-state index is 0.946. The van der Waals surface area contributed by atoms with Crippen LogP contribution in [0.2, 0.25) is 0 Å². The van der Waals surface area contributed by atoms with Gasteiger partial charge in [-0.05, 0) is 81.7 Å². The highest BCUT2D eigenvalue weighted by Crippen LogP contribution is 2.43. The molecule has 0 unspecified atom stereocenters. The molecule has 7 aromatic carbocycles. The molecule has 0 aliphatic carbocycles. The Morgan fingerprint density at radius 1 is 0.500 bits per heavy atom. The van der Waals surface area contributed by atoms with Gasteiger partial charge in [0.25, 0.3) is 0 Å². The van der Waals surface area contributed by atoms with Crippen LogP contribution in [0.1, 0.15) is 18.1 Å². The van der Waals surface area contributed by atoms with Crippen molar-refractivity contribution in [1.29, 1.82) is 0 Å². The molecule has 236 valence electrons. The molecule has 0 N–H and O–H groups in total. The molecule has 0 radical (unpaired) electrons. The van der Waals surface area contributed by atoms with E-state index in [2.05, 4.69) is 182 Å². The van der Waals surface area contributed by atoms with Gasteiger partial charge in [-0.3, -0.25) is 0 Å². The summed E-state index contributed by atoms with van der Waals surface area (Å²) < 4.78 is 2.45. The van der Waals surface area contributed by atoms with E-state index in [-0.39, 0.29) is 0 Å². The molecule has 2 heterocycles. The fourth-order valence-electron chi connectivity index (χ4n) is 7.54. The Morgan fingerprint density at radius 3 is 1.70 bits per heavy atom. The smallest absolute Gasteiger partial charge is 0.0715 e. The highest BCUT2D eigenvalue weighted by atomic mass is 15.0. The number of pyridine rings is 1. The van der Waals surface area contributed by atoms with Crippen LogP contribution in [-0.4, -0.2) is 9.55 Å². The number of hydrogen-bond acceptors (Lipinski definition) is 1. The topological polar surface area (TPSA) is 17.8 Å². The summed E-state index contributed by atoms with van der Waals surface area (Å²) in [5.41, 5.74) is 12.2. The summed E-state index contributed by atoms with van der Waals surface area (Å²) in [6.07, 6.45) is 6.24. The summed E-state index contributed by atoms with van der Waals surface area (Å²) in [4.78, 5) is 5.19. The van der Waals surface area contributed by atoms with Crippen LogP contribution in [0.15, 0.2) is 170 Å². The van der Waals surface area contributed by atoms with Crippen LogP contribution in [0.25, 0.3) is 94.8 Å². The number of aromatic nitrogens is 2. The summed E-state index contributed by atoms with van der Waals surface area (Å²) in [7, 11) is 0. The third kappa shape index (κ3) is 4.84. The zero-order valence-corrected chi connectivity index (χ0v) is 27.8. The van der Waals surface area contributed by atoms with E-state index < -0.39 is 0 Å².